The highest BCUT2D eigenvalue weighted by Crippen LogP contribution is 2.33. The van der Waals surface area contributed by atoms with Gasteiger partial charge in [-0.3, -0.25) is 14.2 Å². The van der Waals surface area contributed by atoms with Crippen LogP contribution in [-0.4, -0.2) is 22.0 Å². The fraction of sp³-hybridized carbons (Fsp3) is 0.588. The lowest BCUT2D eigenvalue weighted by molar-refractivity contribution is -0.121. The van der Waals surface area contributed by atoms with Gasteiger partial charge in [0.25, 0.3) is 5.56 Å². The molecule has 0 spiro atoms. The van der Waals surface area contributed by atoms with Crippen molar-refractivity contribution >= 4 is 27.5 Å². The van der Waals surface area contributed by atoms with Crippen molar-refractivity contribution < 1.29 is 4.79 Å². The molecule has 0 atom stereocenters. The molecule has 23 heavy (non-hydrogen) atoms. The molecule has 1 amide bonds. The molecule has 0 bridgehead atoms. The van der Waals surface area contributed by atoms with E-state index in [1.807, 2.05) is 0 Å². The number of nitrogens with zero attached hydrogens (tertiary/aromatic N) is 2. The summed E-state index contributed by atoms with van der Waals surface area (Å²) in [5.74, 6) is 0.501. The van der Waals surface area contributed by atoms with E-state index in [4.69, 9.17) is 0 Å². The number of fused-ring (bicyclic) bond motifs is 3. The van der Waals surface area contributed by atoms with Gasteiger partial charge in [0.15, 0.2) is 0 Å². The predicted octanol–water partition coefficient (Wildman–Crippen LogP) is 2.56. The Hall–Kier alpha value is -1.69. The third-order valence-electron chi connectivity index (χ3n) is 4.42. The summed E-state index contributed by atoms with van der Waals surface area (Å²) in [7, 11) is 0. The predicted molar refractivity (Wildman–Crippen MR) is 93.2 cm³/mol. The second-order valence-corrected chi connectivity index (χ2v) is 7.23. The minimum absolute atomic E-state index is 0.0575. The number of carbonyl (C=O) groups is 1. The molecule has 0 saturated heterocycles. The fourth-order valence-corrected chi connectivity index (χ4v) is 4.43. The van der Waals surface area contributed by atoms with Gasteiger partial charge >= 0.3 is 0 Å². The van der Waals surface area contributed by atoms with Crippen LogP contribution < -0.4 is 10.9 Å². The molecule has 2 aromatic heterocycles. The third-order valence-corrected chi connectivity index (χ3v) is 5.61. The third kappa shape index (κ3) is 3.17. The SMILES string of the molecule is CCCCNC(=O)Cn1c(C)nc2sc3c(c2c1=O)CCCC3. The minimum atomic E-state index is -0.117. The Morgan fingerprint density at radius 3 is 2.91 bits per heavy atom. The molecule has 0 saturated carbocycles. The number of hydrogen-bond donors (Lipinski definition) is 1. The van der Waals surface area contributed by atoms with Crippen LogP contribution in [0.25, 0.3) is 10.2 Å². The van der Waals surface area contributed by atoms with Crippen LogP contribution in [-0.2, 0) is 24.2 Å². The van der Waals surface area contributed by atoms with Crippen LogP contribution >= 0.6 is 11.3 Å². The largest absolute Gasteiger partial charge is 0.355 e. The molecule has 0 aromatic carbocycles. The fourth-order valence-electron chi connectivity index (χ4n) is 3.13. The van der Waals surface area contributed by atoms with E-state index >= 15 is 0 Å². The van der Waals surface area contributed by atoms with E-state index in [0.717, 1.165) is 42.3 Å². The first kappa shape index (κ1) is 16.2. The molecule has 3 rings (SSSR count). The highest BCUT2D eigenvalue weighted by molar-refractivity contribution is 7.18. The number of amides is 1. The zero-order chi connectivity index (χ0) is 16.4. The quantitative estimate of drug-likeness (QED) is 0.855. The molecule has 5 nitrogen and oxygen atoms in total. The van der Waals surface area contributed by atoms with Crippen LogP contribution in [0.2, 0.25) is 0 Å². The summed E-state index contributed by atoms with van der Waals surface area (Å²) >= 11 is 1.65. The second-order valence-electron chi connectivity index (χ2n) is 6.14. The van der Waals surface area contributed by atoms with E-state index in [-0.39, 0.29) is 18.0 Å². The molecule has 0 aliphatic heterocycles. The van der Waals surface area contributed by atoms with Crippen molar-refractivity contribution in [1.82, 2.24) is 14.9 Å². The number of unbranched alkanes of at least 4 members (excludes halogenated alkanes) is 1. The summed E-state index contributed by atoms with van der Waals surface area (Å²) in [4.78, 5) is 31.7. The van der Waals surface area contributed by atoms with Crippen molar-refractivity contribution in [3.63, 3.8) is 0 Å². The maximum atomic E-state index is 12.9. The van der Waals surface area contributed by atoms with E-state index in [2.05, 4.69) is 17.2 Å². The maximum absolute atomic E-state index is 12.9. The molecule has 0 fully saturated rings. The van der Waals surface area contributed by atoms with Gasteiger partial charge in [-0.25, -0.2) is 4.98 Å². The Morgan fingerprint density at radius 1 is 1.35 bits per heavy atom. The van der Waals surface area contributed by atoms with E-state index in [1.54, 1.807) is 18.3 Å². The van der Waals surface area contributed by atoms with Crippen molar-refractivity contribution in [3.05, 3.63) is 26.6 Å². The molecule has 1 N–H and O–H groups in total. The van der Waals surface area contributed by atoms with E-state index in [9.17, 15) is 9.59 Å². The first-order valence-electron chi connectivity index (χ1n) is 8.40. The highest BCUT2D eigenvalue weighted by Gasteiger charge is 2.21. The number of carbonyl (C=O) groups excluding carboxylic acids is 1. The van der Waals surface area contributed by atoms with Crippen molar-refractivity contribution in [2.75, 3.05) is 6.54 Å². The summed E-state index contributed by atoms with van der Waals surface area (Å²) in [5, 5.41) is 3.61. The Labute approximate surface area is 139 Å². The summed E-state index contributed by atoms with van der Waals surface area (Å²) in [5.41, 5.74) is 1.12. The lowest BCUT2D eigenvalue weighted by Crippen LogP contribution is -2.34. The Balaban J connectivity index is 1.94. The lowest BCUT2D eigenvalue weighted by Gasteiger charge is -2.12. The van der Waals surface area contributed by atoms with Gasteiger partial charge in [0.2, 0.25) is 5.91 Å². The van der Waals surface area contributed by atoms with Crippen LogP contribution in [0.3, 0.4) is 0 Å². The van der Waals surface area contributed by atoms with Crippen molar-refractivity contribution in [3.8, 4) is 0 Å². The molecule has 124 valence electrons. The highest BCUT2D eigenvalue weighted by atomic mass is 32.1. The zero-order valence-corrected chi connectivity index (χ0v) is 14.6. The van der Waals surface area contributed by atoms with Gasteiger partial charge in [-0.15, -0.1) is 11.3 Å². The number of aryl methyl sites for hydroxylation is 3. The molecular formula is C17H23N3O2S. The zero-order valence-electron chi connectivity index (χ0n) is 13.8. The molecule has 6 heteroatoms. The van der Waals surface area contributed by atoms with Crippen molar-refractivity contribution in [1.29, 1.82) is 0 Å². The number of aromatic nitrogens is 2. The normalized spacial score (nSPS) is 14.0. The molecule has 1 aliphatic rings. The van der Waals surface area contributed by atoms with Gasteiger partial charge in [-0.2, -0.15) is 0 Å². The Kier molecular flexibility index (Phi) is 4.80. The monoisotopic (exact) mass is 333 g/mol. The van der Waals surface area contributed by atoms with E-state index in [1.165, 1.54) is 21.4 Å². The number of nitrogens with one attached hydrogen (secondary N) is 1. The Morgan fingerprint density at radius 2 is 2.13 bits per heavy atom. The Bertz CT molecular complexity index is 791. The molecular weight excluding hydrogens is 310 g/mol. The molecule has 0 radical (unpaired) electrons. The molecule has 1 aliphatic carbocycles. The first-order valence-corrected chi connectivity index (χ1v) is 9.21. The van der Waals surface area contributed by atoms with E-state index in [0.29, 0.717) is 12.4 Å². The maximum Gasteiger partial charge on any atom is 0.263 e. The van der Waals surface area contributed by atoms with Gasteiger partial charge < -0.3 is 5.32 Å². The summed E-state index contributed by atoms with van der Waals surface area (Å²) in [6.07, 6.45) is 6.31. The van der Waals surface area contributed by atoms with Gasteiger partial charge in [-0.05, 0) is 44.6 Å². The lowest BCUT2D eigenvalue weighted by atomic mass is 9.97. The second kappa shape index (κ2) is 6.83. The van der Waals surface area contributed by atoms with Crippen LogP contribution in [0.4, 0.5) is 0 Å². The van der Waals surface area contributed by atoms with E-state index < -0.39 is 0 Å². The van der Waals surface area contributed by atoms with Crippen LogP contribution in [0.1, 0.15) is 48.9 Å². The van der Waals surface area contributed by atoms with Crippen molar-refractivity contribution in [2.24, 2.45) is 0 Å². The number of hydrogen-bond acceptors (Lipinski definition) is 4. The molecule has 0 unspecified atom stereocenters. The topological polar surface area (TPSA) is 64.0 Å². The standard InChI is InChI=1S/C17H23N3O2S/c1-3-4-9-18-14(21)10-20-11(2)19-16-15(17(20)22)12-7-5-6-8-13(12)23-16/h3-10H2,1-2H3,(H,18,21). The molecule has 2 heterocycles. The average Bonchev–Trinajstić information content (AvgIpc) is 2.89. The summed E-state index contributed by atoms with van der Waals surface area (Å²) < 4.78 is 1.52. The van der Waals surface area contributed by atoms with Crippen LogP contribution in [0, 0.1) is 6.92 Å². The smallest absolute Gasteiger partial charge is 0.263 e. The minimum Gasteiger partial charge on any atom is -0.355 e. The van der Waals surface area contributed by atoms with Crippen LogP contribution in [0.5, 0.6) is 0 Å². The van der Waals surface area contributed by atoms with Gasteiger partial charge in [0.05, 0.1) is 5.39 Å². The van der Waals surface area contributed by atoms with Gasteiger partial charge in [-0.1, -0.05) is 13.3 Å². The van der Waals surface area contributed by atoms with Gasteiger partial charge in [0.1, 0.15) is 17.2 Å². The van der Waals surface area contributed by atoms with Crippen LogP contribution in [0.15, 0.2) is 4.79 Å². The van der Waals surface area contributed by atoms with Gasteiger partial charge in [0, 0.05) is 11.4 Å². The molecule has 2 aromatic rings. The van der Waals surface area contributed by atoms with Crippen molar-refractivity contribution in [2.45, 2.75) is 58.9 Å². The summed E-state index contributed by atoms with van der Waals surface area (Å²) in [6.45, 7) is 4.60. The number of thiophene rings is 1. The average molecular weight is 333 g/mol. The first-order chi connectivity index (χ1) is 11.1. The number of rotatable bonds is 5. The summed E-state index contributed by atoms with van der Waals surface area (Å²) in [6, 6.07) is 0.